The van der Waals surface area contributed by atoms with Gasteiger partial charge in [-0.2, -0.15) is 0 Å². The molecule has 112 valence electrons. The maximum absolute atomic E-state index is 14.1. The van der Waals surface area contributed by atoms with Crippen LogP contribution in [0, 0.1) is 11.6 Å². The normalized spacial score (nSPS) is 12.4. The molecule has 2 rings (SSSR count). The molecule has 2 aromatic carbocycles. The summed E-state index contributed by atoms with van der Waals surface area (Å²) in [6, 6.07) is 8.39. The van der Waals surface area contributed by atoms with Crippen LogP contribution < -0.4 is 5.32 Å². The first-order chi connectivity index (χ1) is 10.0. The lowest BCUT2D eigenvalue weighted by Gasteiger charge is -2.21. The number of rotatable bonds is 5. The van der Waals surface area contributed by atoms with E-state index in [0.29, 0.717) is 11.6 Å². The van der Waals surface area contributed by atoms with Crippen molar-refractivity contribution in [1.82, 2.24) is 5.32 Å². The molecule has 0 heterocycles. The SMILES string of the molecule is CCCNC(c1cc(Cl)cc(Br)c1)c1cc(F)ccc1F. The summed E-state index contributed by atoms with van der Waals surface area (Å²) >= 11 is 9.44. The molecule has 0 aromatic heterocycles. The Morgan fingerprint density at radius 3 is 2.62 bits per heavy atom. The minimum absolute atomic E-state index is 0.276. The van der Waals surface area contributed by atoms with Crippen LogP contribution in [0.3, 0.4) is 0 Å². The van der Waals surface area contributed by atoms with Crippen molar-refractivity contribution in [2.45, 2.75) is 19.4 Å². The first-order valence-electron chi connectivity index (χ1n) is 6.65. The van der Waals surface area contributed by atoms with Crippen molar-refractivity contribution in [3.8, 4) is 0 Å². The molecule has 1 unspecified atom stereocenters. The van der Waals surface area contributed by atoms with E-state index in [0.717, 1.165) is 28.6 Å². The van der Waals surface area contributed by atoms with Gasteiger partial charge in [0, 0.05) is 15.1 Å². The van der Waals surface area contributed by atoms with Crippen molar-refractivity contribution in [3.63, 3.8) is 0 Å². The average molecular weight is 375 g/mol. The van der Waals surface area contributed by atoms with Gasteiger partial charge < -0.3 is 5.32 Å². The minimum atomic E-state index is -0.462. The molecule has 0 aliphatic heterocycles. The second kappa shape index (κ2) is 7.34. The molecule has 0 fully saturated rings. The van der Waals surface area contributed by atoms with Gasteiger partial charge in [-0.15, -0.1) is 0 Å². The lowest BCUT2D eigenvalue weighted by molar-refractivity contribution is 0.535. The molecule has 21 heavy (non-hydrogen) atoms. The van der Waals surface area contributed by atoms with Gasteiger partial charge >= 0.3 is 0 Å². The van der Waals surface area contributed by atoms with E-state index in [1.54, 1.807) is 12.1 Å². The summed E-state index contributed by atoms with van der Waals surface area (Å²) in [5.74, 6) is -0.906. The van der Waals surface area contributed by atoms with Crippen LogP contribution in [0.15, 0.2) is 40.9 Å². The molecule has 0 aliphatic rings. The molecular formula is C16H15BrClF2N. The molecule has 0 radical (unpaired) electrons. The summed E-state index contributed by atoms with van der Waals surface area (Å²) in [4.78, 5) is 0. The Morgan fingerprint density at radius 1 is 1.19 bits per heavy atom. The van der Waals surface area contributed by atoms with E-state index in [1.165, 1.54) is 6.07 Å². The Kier molecular flexibility index (Phi) is 5.73. The highest BCUT2D eigenvalue weighted by Crippen LogP contribution is 2.29. The quantitative estimate of drug-likeness (QED) is 0.732. The van der Waals surface area contributed by atoms with Crippen molar-refractivity contribution in [3.05, 3.63) is 68.7 Å². The van der Waals surface area contributed by atoms with Crippen LogP contribution >= 0.6 is 27.5 Å². The van der Waals surface area contributed by atoms with Crippen LogP contribution in [-0.2, 0) is 0 Å². The molecule has 0 aliphatic carbocycles. The molecule has 0 saturated carbocycles. The minimum Gasteiger partial charge on any atom is -0.306 e. The maximum atomic E-state index is 14.1. The number of halogens is 4. The summed E-state index contributed by atoms with van der Waals surface area (Å²) in [7, 11) is 0. The van der Waals surface area contributed by atoms with Gasteiger partial charge in [0.25, 0.3) is 0 Å². The van der Waals surface area contributed by atoms with Crippen molar-refractivity contribution in [2.75, 3.05) is 6.54 Å². The Balaban J connectivity index is 2.49. The fourth-order valence-electron chi connectivity index (χ4n) is 2.17. The summed E-state index contributed by atoms with van der Waals surface area (Å²) in [5, 5.41) is 3.78. The first-order valence-corrected chi connectivity index (χ1v) is 7.82. The third-order valence-electron chi connectivity index (χ3n) is 3.09. The van der Waals surface area contributed by atoms with Gasteiger partial charge in [0.05, 0.1) is 6.04 Å². The molecule has 0 bridgehead atoms. The summed E-state index contributed by atoms with van der Waals surface area (Å²) < 4.78 is 28.4. The second-order valence-corrected chi connectivity index (χ2v) is 6.11. The molecule has 1 N–H and O–H groups in total. The summed E-state index contributed by atoms with van der Waals surface area (Å²) in [5.41, 5.74) is 1.06. The highest BCUT2D eigenvalue weighted by atomic mass is 79.9. The molecule has 2 aromatic rings. The van der Waals surface area contributed by atoms with E-state index in [-0.39, 0.29) is 5.56 Å². The van der Waals surface area contributed by atoms with Gasteiger partial charge in [-0.25, -0.2) is 8.78 Å². The van der Waals surface area contributed by atoms with Crippen molar-refractivity contribution >= 4 is 27.5 Å². The molecule has 0 saturated heterocycles. The van der Waals surface area contributed by atoms with Crippen LogP contribution in [0.4, 0.5) is 8.78 Å². The van der Waals surface area contributed by atoms with E-state index in [2.05, 4.69) is 21.2 Å². The van der Waals surface area contributed by atoms with Crippen molar-refractivity contribution < 1.29 is 8.78 Å². The second-order valence-electron chi connectivity index (χ2n) is 4.76. The van der Waals surface area contributed by atoms with Crippen molar-refractivity contribution in [1.29, 1.82) is 0 Å². The molecule has 1 atom stereocenters. The van der Waals surface area contributed by atoms with E-state index < -0.39 is 17.7 Å². The summed E-state index contributed by atoms with van der Waals surface area (Å²) in [6.45, 7) is 2.70. The lowest BCUT2D eigenvalue weighted by Crippen LogP contribution is -2.24. The number of hydrogen-bond acceptors (Lipinski definition) is 1. The predicted molar refractivity (Wildman–Crippen MR) is 85.6 cm³/mol. The van der Waals surface area contributed by atoms with Gasteiger partial charge in [0.15, 0.2) is 0 Å². The molecule has 1 nitrogen and oxygen atoms in total. The fraction of sp³-hybridized carbons (Fsp3) is 0.250. The fourth-order valence-corrected chi connectivity index (χ4v) is 3.06. The van der Waals surface area contributed by atoms with Gasteiger partial charge in [-0.3, -0.25) is 0 Å². The Bertz CT molecular complexity index is 613. The maximum Gasteiger partial charge on any atom is 0.128 e. The van der Waals surface area contributed by atoms with E-state index >= 15 is 0 Å². The van der Waals surface area contributed by atoms with Crippen LogP contribution in [0.5, 0.6) is 0 Å². The first kappa shape index (κ1) is 16.4. The number of nitrogens with one attached hydrogen (secondary N) is 1. The van der Waals surface area contributed by atoms with E-state index in [1.807, 2.05) is 13.0 Å². The number of hydrogen-bond donors (Lipinski definition) is 1. The predicted octanol–water partition coefficient (Wildman–Crippen LogP) is 5.47. The Hall–Kier alpha value is -0.970. The van der Waals surface area contributed by atoms with Crippen LogP contribution in [0.2, 0.25) is 5.02 Å². The van der Waals surface area contributed by atoms with Crippen molar-refractivity contribution in [2.24, 2.45) is 0 Å². The molecule has 0 amide bonds. The number of benzene rings is 2. The molecular weight excluding hydrogens is 360 g/mol. The average Bonchev–Trinajstić information content (AvgIpc) is 2.42. The van der Waals surface area contributed by atoms with Gasteiger partial charge in [-0.1, -0.05) is 34.5 Å². The van der Waals surface area contributed by atoms with Crippen LogP contribution in [0.1, 0.15) is 30.5 Å². The van der Waals surface area contributed by atoms with Gasteiger partial charge in [-0.05, 0) is 54.9 Å². The van der Waals surface area contributed by atoms with Gasteiger partial charge in [0.1, 0.15) is 11.6 Å². The highest BCUT2D eigenvalue weighted by molar-refractivity contribution is 9.10. The zero-order valence-electron chi connectivity index (χ0n) is 11.5. The molecule has 0 spiro atoms. The van der Waals surface area contributed by atoms with Crippen LogP contribution in [0.25, 0.3) is 0 Å². The Labute approximate surface area is 136 Å². The van der Waals surface area contributed by atoms with Gasteiger partial charge in [0.2, 0.25) is 0 Å². The third-order valence-corrected chi connectivity index (χ3v) is 3.76. The van der Waals surface area contributed by atoms with Crippen LogP contribution in [-0.4, -0.2) is 6.54 Å². The zero-order chi connectivity index (χ0) is 15.4. The topological polar surface area (TPSA) is 12.0 Å². The smallest absolute Gasteiger partial charge is 0.128 e. The highest BCUT2D eigenvalue weighted by Gasteiger charge is 2.19. The molecule has 5 heteroatoms. The lowest BCUT2D eigenvalue weighted by atomic mass is 9.98. The largest absolute Gasteiger partial charge is 0.306 e. The van der Waals surface area contributed by atoms with E-state index in [9.17, 15) is 8.78 Å². The van der Waals surface area contributed by atoms with E-state index in [4.69, 9.17) is 11.6 Å². The standard InChI is InChI=1S/C16H15BrClF2N/c1-2-5-21-16(10-6-11(17)8-12(18)7-10)14-9-13(19)3-4-15(14)20/h3-4,6-9,16,21H,2,5H2,1H3. The monoisotopic (exact) mass is 373 g/mol. The third kappa shape index (κ3) is 4.25. The Morgan fingerprint density at radius 2 is 1.95 bits per heavy atom. The summed E-state index contributed by atoms with van der Waals surface area (Å²) in [6.07, 6.45) is 0.884. The zero-order valence-corrected chi connectivity index (χ0v) is 13.8.